The monoisotopic (exact) mass is 289 g/mol. The lowest BCUT2D eigenvalue weighted by molar-refractivity contribution is 0.190. The fourth-order valence-corrected chi connectivity index (χ4v) is 2.28. The van der Waals surface area contributed by atoms with Crippen molar-refractivity contribution >= 4 is 11.6 Å². The second kappa shape index (κ2) is 7.13. The van der Waals surface area contributed by atoms with Gasteiger partial charge in [0, 0.05) is 32.1 Å². The average Bonchev–Trinajstić information content (AvgIpc) is 2.79. The molecule has 0 atom stereocenters. The van der Waals surface area contributed by atoms with Crippen molar-refractivity contribution in [1.29, 1.82) is 0 Å². The van der Waals surface area contributed by atoms with Gasteiger partial charge in [-0.2, -0.15) is 0 Å². The van der Waals surface area contributed by atoms with Crippen LogP contribution in [0.1, 0.15) is 17.7 Å². The minimum absolute atomic E-state index is 0.748. The highest BCUT2D eigenvalue weighted by atomic mass is 16.5. The number of rotatable bonds is 7. The summed E-state index contributed by atoms with van der Waals surface area (Å²) in [4.78, 5) is 4.54. The number of aromatic nitrogens is 2. The molecule has 0 spiro atoms. The molecule has 5 heteroatoms. The molecule has 114 valence electrons. The van der Waals surface area contributed by atoms with Gasteiger partial charge < -0.3 is 19.4 Å². The Morgan fingerprint density at radius 3 is 2.71 bits per heavy atom. The Bertz CT molecular complexity index is 593. The lowest BCUT2D eigenvalue weighted by atomic mass is 10.2. The number of imidazole rings is 1. The van der Waals surface area contributed by atoms with E-state index in [0.717, 1.165) is 48.2 Å². The largest absolute Gasteiger partial charge is 0.496 e. The number of hydrogen-bond donors (Lipinski definition) is 1. The summed E-state index contributed by atoms with van der Waals surface area (Å²) < 4.78 is 12.5. The first-order valence-electron chi connectivity index (χ1n) is 7.08. The summed E-state index contributed by atoms with van der Waals surface area (Å²) in [6.45, 7) is 5.65. The van der Waals surface area contributed by atoms with Crippen molar-refractivity contribution in [2.45, 2.75) is 26.8 Å². The molecule has 0 saturated carbocycles. The summed E-state index contributed by atoms with van der Waals surface area (Å²) in [6.07, 6.45) is 3.01. The van der Waals surface area contributed by atoms with Crippen LogP contribution in [0.15, 0.2) is 24.4 Å². The number of methoxy groups -OCH3 is 2. The van der Waals surface area contributed by atoms with Gasteiger partial charge in [0.05, 0.1) is 12.8 Å². The smallest absolute Gasteiger partial charge is 0.207 e. The van der Waals surface area contributed by atoms with Gasteiger partial charge in [-0.1, -0.05) is 0 Å². The summed E-state index contributed by atoms with van der Waals surface area (Å²) in [6, 6.07) is 6.01. The van der Waals surface area contributed by atoms with Crippen LogP contribution in [0.2, 0.25) is 0 Å². The van der Waals surface area contributed by atoms with E-state index in [0.29, 0.717) is 0 Å². The van der Waals surface area contributed by atoms with Gasteiger partial charge >= 0.3 is 0 Å². The van der Waals surface area contributed by atoms with Crippen LogP contribution < -0.4 is 10.1 Å². The van der Waals surface area contributed by atoms with Crippen LogP contribution in [0.25, 0.3) is 0 Å². The molecule has 0 amide bonds. The Hall–Kier alpha value is -2.01. The second-order valence-corrected chi connectivity index (χ2v) is 5.06. The van der Waals surface area contributed by atoms with E-state index in [2.05, 4.69) is 20.9 Å². The maximum atomic E-state index is 5.28. The zero-order chi connectivity index (χ0) is 15.2. The van der Waals surface area contributed by atoms with E-state index in [1.165, 1.54) is 0 Å². The fourth-order valence-electron chi connectivity index (χ4n) is 2.28. The number of aryl methyl sites for hydroxylation is 3. The molecule has 1 aromatic carbocycles. The van der Waals surface area contributed by atoms with Crippen LogP contribution in [0.4, 0.5) is 11.6 Å². The van der Waals surface area contributed by atoms with Crippen molar-refractivity contribution in [3.8, 4) is 5.75 Å². The van der Waals surface area contributed by atoms with Crippen LogP contribution in [0.3, 0.4) is 0 Å². The Morgan fingerprint density at radius 2 is 2.05 bits per heavy atom. The molecule has 0 fully saturated rings. The first-order valence-corrected chi connectivity index (χ1v) is 7.08. The number of benzene rings is 1. The quantitative estimate of drug-likeness (QED) is 0.795. The standard InChI is InChI=1S/C16H23N3O2/c1-12-10-14(6-7-15(12)21-4)18-16-17-13(2)11-19(16)8-5-9-20-3/h6-7,10-11H,5,8-9H2,1-4H3,(H,17,18). The number of nitrogens with one attached hydrogen (secondary N) is 1. The summed E-state index contributed by atoms with van der Waals surface area (Å²) in [5.74, 6) is 1.74. The average molecular weight is 289 g/mol. The molecule has 0 aliphatic rings. The van der Waals surface area contributed by atoms with E-state index in [1.807, 2.05) is 32.2 Å². The normalized spacial score (nSPS) is 10.7. The highest BCUT2D eigenvalue weighted by Gasteiger charge is 2.07. The Morgan fingerprint density at radius 1 is 1.24 bits per heavy atom. The van der Waals surface area contributed by atoms with E-state index >= 15 is 0 Å². The van der Waals surface area contributed by atoms with Crippen LogP contribution in [-0.4, -0.2) is 30.4 Å². The third-order valence-corrected chi connectivity index (χ3v) is 3.30. The maximum absolute atomic E-state index is 5.28. The fraction of sp³-hybridized carbons (Fsp3) is 0.438. The molecule has 5 nitrogen and oxygen atoms in total. The predicted octanol–water partition coefficient (Wildman–Crippen LogP) is 3.29. The van der Waals surface area contributed by atoms with E-state index in [-0.39, 0.29) is 0 Å². The third-order valence-electron chi connectivity index (χ3n) is 3.30. The highest BCUT2D eigenvalue weighted by molar-refractivity contribution is 5.57. The maximum Gasteiger partial charge on any atom is 0.207 e. The molecule has 0 unspecified atom stereocenters. The van der Waals surface area contributed by atoms with Gasteiger partial charge in [-0.3, -0.25) is 0 Å². The lowest BCUT2D eigenvalue weighted by Crippen LogP contribution is -2.05. The number of anilines is 2. The van der Waals surface area contributed by atoms with Crippen molar-refractivity contribution in [2.75, 3.05) is 26.1 Å². The van der Waals surface area contributed by atoms with Gasteiger partial charge in [0.2, 0.25) is 5.95 Å². The van der Waals surface area contributed by atoms with Gasteiger partial charge in [-0.05, 0) is 44.0 Å². The minimum atomic E-state index is 0.748. The van der Waals surface area contributed by atoms with Crippen LogP contribution >= 0.6 is 0 Å². The van der Waals surface area contributed by atoms with Crippen molar-refractivity contribution < 1.29 is 9.47 Å². The third kappa shape index (κ3) is 3.98. The number of hydrogen-bond acceptors (Lipinski definition) is 4. The molecule has 0 aliphatic heterocycles. The van der Waals surface area contributed by atoms with E-state index in [1.54, 1.807) is 14.2 Å². The first-order chi connectivity index (χ1) is 10.1. The highest BCUT2D eigenvalue weighted by Crippen LogP contribution is 2.24. The van der Waals surface area contributed by atoms with E-state index in [4.69, 9.17) is 9.47 Å². The summed E-state index contributed by atoms with van der Waals surface area (Å²) in [5.41, 5.74) is 3.10. The Labute approximate surface area is 125 Å². The van der Waals surface area contributed by atoms with Crippen LogP contribution in [-0.2, 0) is 11.3 Å². The first kappa shape index (κ1) is 15.4. The zero-order valence-electron chi connectivity index (χ0n) is 13.1. The van der Waals surface area contributed by atoms with E-state index in [9.17, 15) is 0 Å². The summed E-state index contributed by atoms with van der Waals surface area (Å²) in [7, 11) is 3.40. The van der Waals surface area contributed by atoms with Crippen LogP contribution in [0.5, 0.6) is 5.75 Å². The van der Waals surface area contributed by atoms with Gasteiger partial charge in [-0.15, -0.1) is 0 Å². The topological polar surface area (TPSA) is 48.3 Å². The summed E-state index contributed by atoms with van der Waals surface area (Å²) in [5, 5.41) is 3.37. The minimum Gasteiger partial charge on any atom is -0.496 e. The molecule has 21 heavy (non-hydrogen) atoms. The Kier molecular flexibility index (Phi) is 5.22. The number of ether oxygens (including phenoxy) is 2. The number of nitrogens with zero attached hydrogens (tertiary/aromatic N) is 2. The molecule has 2 rings (SSSR count). The van der Waals surface area contributed by atoms with Crippen molar-refractivity contribution in [2.24, 2.45) is 0 Å². The van der Waals surface area contributed by atoms with Crippen molar-refractivity contribution in [3.05, 3.63) is 35.7 Å². The van der Waals surface area contributed by atoms with Crippen LogP contribution in [0, 0.1) is 13.8 Å². The lowest BCUT2D eigenvalue weighted by Gasteiger charge is -2.11. The SMILES string of the molecule is COCCCn1cc(C)nc1Nc1ccc(OC)c(C)c1. The van der Waals surface area contributed by atoms with E-state index < -0.39 is 0 Å². The predicted molar refractivity (Wildman–Crippen MR) is 84.5 cm³/mol. The van der Waals surface area contributed by atoms with Gasteiger partial charge in [0.1, 0.15) is 5.75 Å². The molecular weight excluding hydrogens is 266 g/mol. The van der Waals surface area contributed by atoms with Gasteiger partial charge in [0.15, 0.2) is 0 Å². The molecule has 0 saturated heterocycles. The molecule has 2 aromatic rings. The zero-order valence-corrected chi connectivity index (χ0v) is 13.1. The molecule has 1 aromatic heterocycles. The molecular formula is C16H23N3O2. The molecule has 1 heterocycles. The van der Waals surface area contributed by atoms with Gasteiger partial charge in [-0.25, -0.2) is 4.98 Å². The Balaban J connectivity index is 2.13. The molecule has 0 bridgehead atoms. The van der Waals surface area contributed by atoms with Gasteiger partial charge in [0.25, 0.3) is 0 Å². The molecule has 0 aliphatic carbocycles. The summed E-state index contributed by atoms with van der Waals surface area (Å²) >= 11 is 0. The molecule has 1 N–H and O–H groups in total. The second-order valence-electron chi connectivity index (χ2n) is 5.06. The molecule has 0 radical (unpaired) electrons. The van der Waals surface area contributed by atoms with Crippen molar-refractivity contribution in [3.63, 3.8) is 0 Å². The van der Waals surface area contributed by atoms with Crippen molar-refractivity contribution in [1.82, 2.24) is 9.55 Å².